The van der Waals surface area contributed by atoms with Gasteiger partial charge in [-0.1, -0.05) is 54.6 Å². The second-order valence-electron chi connectivity index (χ2n) is 6.91. The molecular formula is C24H24N2. The van der Waals surface area contributed by atoms with E-state index in [-0.39, 0.29) is 0 Å². The van der Waals surface area contributed by atoms with Crippen molar-refractivity contribution < 1.29 is 0 Å². The minimum Gasteiger partial charge on any atom is -0.198 e. The van der Waals surface area contributed by atoms with Gasteiger partial charge in [-0.05, 0) is 65.8 Å². The van der Waals surface area contributed by atoms with Gasteiger partial charge >= 0.3 is 0 Å². The third kappa shape index (κ3) is 4.22. The summed E-state index contributed by atoms with van der Waals surface area (Å²) in [5.41, 5.74) is 6.72. The molecule has 4 rings (SSSR count). The van der Waals surface area contributed by atoms with Crippen molar-refractivity contribution in [2.45, 2.75) is 50.9 Å². The highest BCUT2D eigenvalue weighted by atomic mass is 14.3. The molecule has 0 saturated heterocycles. The first-order chi connectivity index (χ1) is 12.8. The molecule has 2 nitrogen and oxygen atoms in total. The number of hydrogen-bond donors (Lipinski definition) is 0. The lowest BCUT2D eigenvalue weighted by Gasteiger charge is -2.23. The first-order valence-electron chi connectivity index (χ1n) is 9.42. The summed E-state index contributed by atoms with van der Waals surface area (Å²) in [6, 6.07) is 21.4. The van der Waals surface area contributed by atoms with E-state index in [1.165, 1.54) is 47.1 Å². The predicted octanol–water partition coefficient (Wildman–Crippen LogP) is 5.95. The van der Waals surface area contributed by atoms with Crippen molar-refractivity contribution in [3.63, 3.8) is 0 Å². The largest absolute Gasteiger partial charge is 0.198 e. The molecule has 0 N–H and O–H groups in total. The molecule has 0 spiro atoms. The number of rotatable bonds is 2. The Hall–Kier alpha value is -2.84. The molecule has 0 heterocycles. The van der Waals surface area contributed by atoms with E-state index < -0.39 is 0 Å². The fraction of sp³-hybridized carbons (Fsp3) is 0.333. The highest BCUT2D eigenvalue weighted by molar-refractivity contribution is 5.71. The number of benzene rings is 2. The zero-order valence-electron chi connectivity index (χ0n) is 15.1. The number of fused-ring (bicyclic) bond motifs is 2. The van der Waals surface area contributed by atoms with Crippen LogP contribution in [0.1, 0.15) is 60.3 Å². The Morgan fingerprint density at radius 2 is 1.65 bits per heavy atom. The van der Waals surface area contributed by atoms with Gasteiger partial charge in [-0.3, -0.25) is 0 Å². The normalized spacial score (nSPS) is 17.3. The molecule has 0 aliphatic heterocycles. The maximum Gasteiger partial charge on any atom is 0.0669 e. The van der Waals surface area contributed by atoms with Crippen molar-refractivity contribution in [1.82, 2.24) is 0 Å². The van der Waals surface area contributed by atoms with Crippen LogP contribution in [0.5, 0.6) is 0 Å². The molecule has 0 radical (unpaired) electrons. The molecule has 2 aliphatic rings. The van der Waals surface area contributed by atoms with Gasteiger partial charge < -0.3 is 0 Å². The average Bonchev–Trinajstić information content (AvgIpc) is 2.70. The summed E-state index contributed by atoms with van der Waals surface area (Å²) in [5, 5.41) is 17.3. The summed E-state index contributed by atoms with van der Waals surface area (Å²) >= 11 is 0. The van der Waals surface area contributed by atoms with Crippen molar-refractivity contribution in [3.8, 4) is 12.1 Å². The van der Waals surface area contributed by atoms with Crippen LogP contribution in [-0.4, -0.2) is 0 Å². The van der Waals surface area contributed by atoms with Crippen molar-refractivity contribution in [3.05, 3.63) is 76.9 Å². The van der Waals surface area contributed by atoms with E-state index in [0.29, 0.717) is 18.8 Å². The first kappa shape index (κ1) is 18.0. The second-order valence-corrected chi connectivity index (χ2v) is 6.91. The maximum atomic E-state index is 8.69. The highest BCUT2D eigenvalue weighted by Gasteiger charge is 2.18. The van der Waals surface area contributed by atoms with Gasteiger partial charge in [0, 0.05) is 6.42 Å². The predicted molar refractivity (Wildman–Crippen MR) is 105 cm³/mol. The quantitative estimate of drug-likeness (QED) is 0.678. The Bertz CT molecular complexity index is 864. The average molecular weight is 340 g/mol. The number of nitriles is 2. The van der Waals surface area contributed by atoms with Gasteiger partial charge in [0.1, 0.15) is 0 Å². The molecule has 2 aromatic carbocycles. The van der Waals surface area contributed by atoms with Gasteiger partial charge in [0.2, 0.25) is 0 Å². The Balaban J connectivity index is 0.000000151. The lowest BCUT2D eigenvalue weighted by atomic mass is 9.81. The van der Waals surface area contributed by atoms with Gasteiger partial charge in [-0.25, -0.2) is 0 Å². The SMILES string of the molecule is N#CCC1=CCCc2ccccc21.N#CCC1CCCc2ccccc21. The van der Waals surface area contributed by atoms with Crippen LogP contribution in [0, 0.1) is 22.7 Å². The molecule has 0 fully saturated rings. The lowest BCUT2D eigenvalue weighted by Crippen LogP contribution is -2.08. The highest BCUT2D eigenvalue weighted by Crippen LogP contribution is 2.33. The Labute approximate surface area is 156 Å². The molecular weight excluding hydrogens is 316 g/mol. The number of hydrogen-bond acceptors (Lipinski definition) is 2. The van der Waals surface area contributed by atoms with Gasteiger partial charge in [0.15, 0.2) is 0 Å². The molecule has 2 aromatic rings. The summed E-state index contributed by atoms with van der Waals surface area (Å²) in [4.78, 5) is 0. The molecule has 1 unspecified atom stereocenters. The number of aryl methyl sites for hydroxylation is 2. The molecule has 2 heteroatoms. The van der Waals surface area contributed by atoms with Crippen LogP contribution in [0.3, 0.4) is 0 Å². The zero-order chi connectivity index (χ0) is 18.2. The minimum atomic E-state index is 0.495. The van der Waals surface area contributed by atoms with E-state index in [1.807, 2.05) is 6.07 Å². The topological polar surface area (TPSA) is 47.6 Å². The van der Waals surface area contributed by atoms with Gasteiger partial charge in [-0.15, -0.1) is 0 Å². The van der Waals surface area contributed by atoms with E-state index in [0.717, 1.165) is 12.8 Å². The van der Waals surface area contributed by atoms with Crippen LogP contribution >= 0.6 is 0 Å². The van der Waals surface area contributed by atoms with E-state index in [4.69, 9.17) is 10.5 Å². The van der Waals surface area contributed by atoms with Crippen LogP contribution in [-0.2, 0) is 12.8 Å². The Kier molecular flexibility index (Phi) is 6.24. The molecule has 1 atom stereocenters. The maximum absolute atomic E-state index is 8.69. The summed E-state index contributed by atoms with van der Waals surface area (Å²) in [6.45, 7) is 0. The smallest absolute Gasteiger partial charge is 0.0669 e. The zero-order valence-corrected chi connectivity index (χ0v) is 15.1. The minimum absolute atomic E-state index is 0.495. The van der Waals surface area contributed by atoms with Crippen molar-refractivity contribution >= 4 is 5.57 Å². The molecule has 0 amide bonds. The monoisotopic (exact) mass is 340 g/mol. The van der Waals surface area contributed by atoms with Crippen molar-refractivity contribution in [2.75, 3.05) is 0 Å². The first-order valence-corrected chi connectivity index (χ1v) is 9.42. The molecule has 26 heavy (non-hydrogen) atoms. The summed E-state index contributed by atoms with van der Waals surface area (Å²) < 4.78 is 0. The molecule has 2 aliphatic carbocycles. The number of nitrogens with zero attached hydrogens (tertiary/aromatic N) is 2. The van der Waals surface area contributed by atoms with Crippen molar-refractivity contribution in [1.29, 1.82) is 10.5 Å². The lowest BCUT2D eigenvalue weighted by molar-refractivity contribution is 0.562. The summed E-state index contributed by atoms with van der Waals surface area (Å²) in [6.07, 6.45) is 9.21. The number of allylic oxidation sites excluding steroid dienone is 2. The molecule has 0 bridgehead atoms. The van der Waals surface area contributed by atoms with Gasteiger partial charge in [0.25, 0.3) is 0 Å². The molecule has 130 valence electrons. The van der Waals surface area contributed by atoms with Crippen LogP contribution in [0.2, 0.25) is 0 Å². The van der Waals surface area contributed by atoms with Gasteiger partial charge in [-0.2, -0.15) is 10.5 Å². The second kappa shape index (κ2) is 9.02. The van der Waals surface area contributed by atoms with Crippen molar-refractivity contribution in [2.24, 2.45) is 0 Å². The fourth-order valence-electron chi connectivity index (χ4n) is 3.99. The van der Waals surface area contributed by atoms with E-state index >= 15 is 0 Å². The van der Waals surface area contributed by atoms with Crippen LogP contribution in [0.4, 0.5) is 0 Å². The summed E-state index contributed by atoms with van der Waals surface area (Å²) in [5.74, 6) is 0.495. The fourth-order valence-corrected chi connectivity index (χ4v) is 3.99. The molecule has 0 saturated carbocycles. The van der Waals surface area contributed by atoms with E-state index in [2.05, 4.69) is 60.7 Å². The third-order valence-electron chi connectivity index (χ3n) is 5.27. The van der Waals surface area contributed by atoms with Crippen LogP contribution in [0.25, 0.3) is 5.57 Å². The van der Waals surface area contributed by atoms with Crippen LogP contribution in [0.15, 0.2) is 54.6 Å². The Morgan fingerprint density at radius 1 is 0.885 bits per heavy atom. The van der Waals surface area contributed by atoms with Gasteiger partial charge in [0.05, 0.1) is 18.6 Å². The third-order valence-corrected chi connectivity index (χ3v) is 5.27. The van der Waals surface area contributed by atoms with E-state index in [9.17, 15) is 0 Å². The van der Waals surface area contributed by atoms with Crippen LogP contribution < -0.4 is 0 Å². The van der Waals surface area contributed by atoms with E-state index in [1.54, 1.807) is 0 Å². The standard InChI is InChI=1S/C12H13N.C12H11N/c2*13-9-8-11-6-3-5-10-4-1-2-7-12(10)11/h1-2,4,7,11H,3,5-6,8H2;1-2,4,6-7H,3,5,8H2. The summed E-state index contributed by atoms with van der Waals surface area (Å²) in [7, 11) is 0. The molecule has 0 aromatic heterocycles. The Morgan fingerprint density at radius 3 is 2.46 bits per heavy atom.